The van der Waals surface area contributed by atoms with Gasteiger partial charge in [-0.1, -0.05) is 38.5 Å². The first kappa shape index (κ1) is 21.7. The van der Waals surface area contributed by atoms with Gasteiger partial charge in [0.1, 0.15) is 6.04 Å². The first-order valence-corrected chi connectivity index (χ1v) is 8.95. The van der Waals surface area contributed by atoms with Gasteiger partial charge in [-0.05, 0) is 37.3 Å². The zero-order valence-electron chi connectivity index (χ0n) is 16.3. The predicted octanol–water partition coefficient (Wildman–Crippen LogP) is 3.05. The minimum absolute atomic E-state index is 0.138. The van der Waals surface area contributed by atoms with Crippen molar-refractivity contribution in [3.05, 3.63) is 29.8 Å². The molecule has 0 aliphatic rings. The van der Waals surface area contributed by atoms with Crippen molar-refractivity contribution >= 4 is 23.5 Å². The normalized spacial score (nSPS) is 13.0. The van der Waals surface area contributed by atoms with Gasteiger partial charge in [0.15, 0.2) is 0 Å². The van der Waals surface area contributed by atoms with E-state index in [9.17, 15) is 14.4 Å². The van der Waals surface area contributed by atoms with Crippen molar-refractivity contribution in [2.45, 2.75) is 53.0 Å². The van der Waals surface area contributed by atoms with Gasteiger partial charge < -0.3 is 15.4 Å². The highest BCUT2D eigenvalue weighted by Crippen LogP contribution is 2.13. The molecule has 0 aliphatic carbocycles. The summed E-state index contributed by atoms with van der Waals surface area (Å²) < 4.78 is 4.74. The number of carbonyl (C=O) groups excluding carboxylic acids is 3. The molecule has 6 nitrogen and oxygen atoms in total. The van der Waals surface area contributed by atoms with Crippen LogP contribution in [0.25, 0.3) is 0 Å². The lowest BCUT2D eigenvalue weighted by Gasteiger charge is -2.19. The van der Waals surface area contributed by atoms with Crippen LogP contribution < -0.4 is 10.6 Å². The van der Waals surface area contributed by atoms with E-state index in [1.165, 1.54) is 7.11 Å². The SMILES string of the molecule is COC(=O)[C@H](CC(C)C)NC(=O)C[C@H](C)CC(=O)Nc1ccc(C)cc1. The molecule has 0 fully saturated rings. The number of anilines is 1. The number of hydrogen-bond donors (Lipinski definition) is 2. The Labute approximate surface area is 155 Å². The molecule has 1 rings (SSSR count). The molecule has 0 unspecified atom stereocenters. The highest BCUT2D eigenvalue weighted by Gasteiger charge is 2.23. The maximum atomic E-state index is 12.2. The second-order valence-electron chi connectivity index (χ2n) is 7.20. The smallest absolute Gasteiger partial charge is 0.328 e. The second-order valence-corrected chi connectivity index (χ2v) is 7.20. The van der Waals surface area contributed by atoms with Crippen molar-refractivity contribution in [2.75, 3.05) is 12.4 Å². The Kier molecular flexibility index (Phi) is 8.82. The van der Waals surface area contributed by atoms with E-state index in [0.29, 0.717) is 6.42 Å². The first-order chi connectivity index (χ1) is 12.2. The van der Waals surface area contributed by atoms with Gasteiger partial charge in [0, 0.05) is 18.5 Å². The molecule has 2 atom stereocenters. The van der Waals surface area contributed by atoms with Crippen LogP contribution in [-0.2, 0) is 19.1 Å². The van der Waals surface area contributed by atoms with Crippen molar-refractivity contribution < 1.29 is 19.1 Å². The van der Waals surface area contributed by atoms with Gasteiger partial charge >= 0.3 is 5.97 Å². The number of rotatable bonds is 9. The highest BCUT2D eigenvalue weighted by atomic mass is 16.5. The molecule has 1 aromatic carbocycles. The molecule has 2 amide bonds. The standard InChI is InChI=1S/C20H30N2O4/c1-13(2)10-17(20(25)26-5)22-19(24)12-15(4)11-18(23)21-16-8-6-14(3)7-9-16/h6-9,13,15,17H,10-12H2,1-5H3,(H,21,23)(H,22,24)/t15-,17+/m1/s1. The highest BCUT2D eigenvalue weighted by molar-refractivity contribution is 5.91. The van der Waals surface area contributed by atoms with Crippen molar-refractivity contribution in [2.24, 2.45) is 11.8 Å². The van der Waals surface area contributed by atoms with E-state index in [-0.39, 0.29) is 36.5 Å². The molecule has 0 spiro atoms. The number of methoxy groups -OCH3 is 1. The summed E-state index contributed by atoms with van der Waals surface area (Å²) in [4.78, 5) is 36.1. The van der Waals surface area contributed by atoms with Gasteiger partial charge in [-0.25, -0.2) is 4.79 Å². The molecule has 0 saturated carbocycles. The molecular formula is C20H30N2O4. The third-order valence-electron chi connectivity index (χ3n) is 3.93. The van der Waals surface area contributed by atoms with E-state index in [4.69, 9.17) is 4.74 Å². The van der Waals surface area contributed by atoms with Crippen molar-refractivity contribution in [3.8, 4) is 0 Å². The largest absolute Gasteiger partial charge is 0.467 e. The summed E-state index contributed by atoms with van der Waals surface area (Å²) in [5.74, 6) is -0.732. The quantitative estimate of drug-likeness (QED) is 0.661. The fraction of sp³-hybridized carbons (Fsp3) is 0.550. The number of carbonyl (C=O) groups is 3. The Morgan fingerprint density at radius 1 is 1.00 bits per heavy atom. The van der Waals surface area contributed by atoms with Crippen molar-refractivity contribution in [3.63, 3.8) is 0 Å². The van der Waals surface area contributed by atoms with E-state index in [0.717, 1.165) is 11.3 Å². The number of esters is 1. The zero-order valence-corrected chi connectivity index (χ0v) is 16.3. The molecule has 144 valence electrons. The molecule has 2 N–H and O–H groups in total. The van der Waals surface area contributed by atoms with Crippen LogP contribution >= 0.6 is 0 Å². The molecule has 26 heavy (non-hydrogen) atoms. The second kappa shape index (κ2) is 10.6. The van der Waals surface area contributed by atoms with E-state index < -0.39 is 12.0 Å². The summed E-state index contributed by atoms with van der Waals surface area (Å²) >= 11 is 0. The molecule has 0 aliphatic heterocycles. The van der Waals surface area contributed by atoms with Crippen LogP contribution in [0.1, 0.15) is 45.6 Å². The molecule has 6 heteroatoms. The summed E-state index contributed by atoms with van der Waals surface area (Å²) in [7, 11) is 1.31. The fourth-order valence-corrected chi connectivity index (χ4v) is 2.64. The van der Waals surface area contributed by atoms with E-state index in [1.807, 2.05) is 52.0 Å². The van der Waals surface area contributed by atoms with Crippen LogP contribution in [0.15, 0.2) is 24.3 Å². The zero-order chi connectivity index (χ0) is 19.7. The van der Waals surface area contributed by atoms with Crippen LogP contribution in [0.5, 0.6) is 0 Å². The Hall–Kier alpha value is -2.37. The molecule has 0 bridgehead atoms. The maximum absolute atomic E-state index is 12.2. The number of aryl methyl sites for hydroxylation is 1. The molecule has 0 aromatic heterocycles. The average molecular weight is 362 g/mol. The molecule has 0 heterocycles. The number of hydrogen-bond acceptors (Lipinski definition) is 4. The minimum atomic E-state index is -0.652. The summed E-state index contributed by atoms with van der Waals surface area (Å²) in [6.07, 6.45) is 0.919. The Balaban J connectivity index is 2.48. The average Bonchev–Trinajstić information content (AvgIpc) is 2.54. The van der Waals surface area contributed by atoms with Gasteiger partial charge in [-0.2, -0.15) is 0 Å². The lowest BCUT2D eigenvalue weighted by Crippen LogP contribution is -2.42. The van der Waals surface area contributed by atoms with Crippen LogP contribution in [0, 0.1) is 18.8 Å². The van der Waals surface area contributed by atoms with Crippen LogP contribution in [0.3, 0.4) is 0 Å². The molecular weight excluding hydrogens is 332 g/mol. The van der Waals surface area contributed by atoms with Gasteiger partial charge in [0.2, 0.25) is 11.8 Å². The van der Waals surface area contributed by atoms with E-state index >= 15 is 0 Å². The summed E-state index contributed by atoms with van der Waals surface area (Å²) in [6, 6.07) is 6.89. The topological polar surface area (TPSA) is 84.5 Å². The Bertz CT molecular complexity index is 611. The van der Waals surface area contributed by atoms with Crippen molar-refractivity contribution in [1.29, 1.82) is 0 Å². The van der Waals surface area contributed by atoms with Crippen LogP contribution in [0.4, 0.5) is 5.69 Å². The Morgan fingerprint density at radius 3 is 2.12 bits per heavy atom. The first-order valence-electron chi connectivity index (χ1n) is 8.95. The number of benzene rings is 1. The van der Waals surface area contributed by atoms with E-state index in [2.05, 4.69) is 10.6 Å². The third-order valence-corrected chi connectivity index (χ3v) is 3.93. The summed E-state index contributed by atoms with van der Waals surface area (Å²) in [5, 5.41) is 5.54. The summed E-state index contributed by atoms with van der Waals surface area (Å²) in [6.45, 7) is 7.76. The predicted molar refractivity (Wildman–Crippen MR) is 102 cm³/mol. The van der Waals surface area contributed by atoms with Gasteiger partial charge in [-0.15, -0.1) is 0 Å². The maximum Gasteiger partial charge on any atom is 0.328 e. The lowest BCUT2D eigenvalue weighted by molar-refractivity contribution is -0.145. The summed E-state index contributed by atoms with van der Waals surface area (Å²) in [5.41, 5.74) is 1.86. The van der Waals surface area contributed by atoms with Gasteiger partial charge in [0.25, 0.3) is 0 Å². The number of amides is 2. The van der Waals surface area contributed by atoms with Crippen LogP contribution in [0.2, 0.25) is 0 Å². The van der Waals surface area contributed by atoms with E-state index in [1.54, 1.807) is 0 Å². The van der Waals surface area contributed by atoms with Crippen molar-refractivity contribution in [1.82, 2.24) is 5.32 Å². The van der Waals surface area contributed by atoms with Gasteiger partial charge in [-0.3, -0.25) is 9.59 Å². The lowest BCUT2D eigenvalue weighted by atomic mass is 10.0. The van der Waals surface area contributed by atoms with Crippen LogP contribution in [-0.4, -0.2) is 30.9 Å². The van der Waals surface area contributed by atoms with Gasteiger partial charge in [0.05, 0.1) is 7.11 Å². The fourth-order valence-electron chi connectivity index (χ4n) is 2.64. The number of ether oxygens (including phenoxy) is 1. The third kappa shape index (κ3) is 8.14. The number of nitrogens with one attached hydrogen (secondary N) is 2. The molecule has 1 aromatic rings. The molecule has 0 saturated heterocycles. The Morgan fingerprint density at radius 2 is 1.58 bits per heavy atom. The minimum Gasteiger partial charge on any atom is -0.467 e. The monoisotopic (exact) mass is 362 g/mol. The molecule has 0 radical (unpaired) electrons.